The van der Waals surface area contributed by atoms with Crippen molar-refractivity contribution >= 4 is 17.1 Å². The maximum atomic E-state index is 11.4. The van der Waals surface area contributed by atoms with E-state index in [0.717, 1.165) is 12.1 Å². The average molecular weight is 219 g/mol. The molecule has 78 valence electrons. The molecule has 0 spiro atoms. The number of nitrogens with zero attached hydrogens (tertiary/aromatic N) is 1. The average Bonchev–Trinajstić information content (AvgIpc) is 2.88. The van der Waals surface area contributed by atoms with Crippen LogP contribution in [0, 0.1) is 0 Å². The number of aromatic nitrogens is 1. The third-order valence-electron chi connectivity index (χ3n) is 2.31. The van der Waals surface area contributed by atoms with Gasteiger partial charge in [-0.05, 0) is 17.5 Å². The minimum atomic E-state index is 0.208. The Morgan fingerprint density at radius 3 is 3.00 bits per heavy atom. The van der Waals surface area contributed by atoms with Gasteiger partial charge >= 0.3 is 0 Å². The van der Waals surface area contributed by atoms with Crippen LogP contribution in [0.25, 0.3) is 0 Å². The second kappa shape index (κ2) is 4.45. The molecule has 2 nitrogen and oxygen atoms in total. The molecule has 0 fully saturated rings. The molecule has 2 aromatic heterocycles. The van der Waals surface area contributed by atoms with E-state index in [-0.39, 0.29) is 5.78 Å². The zero-order chi connectivity index (χ0) is 10.7. The fourth-order valence-electron chi connectivity index (χ4n) is 1.49. The van der Waals surface area contributed by atoms with Gasteiger partial charge < -0.3 is 4.57 Å². The normalized spacial score (nSPS) is 10.5. The number of rotatable bonds is 4. The molecule has 0 aliphatic carbocycles. The molecule has 0 aliphatic rings. The Kier molecular flexibility index (Phi) is 3.02. The van der Waals surface area contributed by atoms with Crippen molar-refractivity contribution in [1.82, 2.24) is 4.57 Å². The van der Waals surface area contributed by atoms with E-state index in [1.165, 1.54) is 4.88 Å². The van der Waals surface area contributed by atoms with Crippen LogP contribution < -0.4 is 0 Å². The standard InChI is InChI=1S/C12H13NOS/c1-2-12(14)10-5-6-13(8-10)9-11-4-3-7-15-11/h3-8H,2,9H2,1H3. The van der Waals surface area contributed by atoms with Crippen LogP contribution >= 0.6 is 11.3 Å². The van der Waals surface area contributed by atoms with Crippen molar-refractivity contribution in [3.05, 3.63) is 46.4 Å². The third-order valence-corrected chi connectivity index (χ3v) is 3.17. The van der Waals surface area contributed by atoms with Crippen molar-refractivity contribution in [1.29, 1.82) is 0 Å². The summed E-state index contributed by atoms with van der Waals surface area (Å²) in [6.45, 7) is 2.74. The van der Waals surface area contributed by atoms with Gasteiger partial charge in [0.2, 0.25) is 0 Å². The highest BCUT2D eigenvalue weighted by Gasteiger charge is 2.04. The van der Waals surface area contributed by atoms with Gasteiger partial charge in [-0.25, -0.2) is 0 Å². The van der Waals surface area contributed by atoms with Crippen LogP contribution in [0.15, 0.2) is 36.0 Å². The highest BCUT2D eigenvalue weighted by atomic mass is 32.1. The van der Waals surface area contributed by atoms with E-state index >= 15 is 0 Å². The Morgan fingerprint density at radius 2 is 2.33 bits per heavy atom. The second-order valence-corrected chi connectivity index (χ2v) is 4.46. The first-order valence-corrected chi connectivity index (χ1v) is 5.89. The molecule has 2 heterocycles. The van der Waals surface area contributed by atoms with Crippen molar-refractivity contribution in [2.45, 2.75) is 19.9 Å². The van der Waals surface area contributed by atoms with Gasteiger partial charge in [-0.2, -0.15) is 0 Å². The van der Waals surface area contributed by atoms with Gasteiger partial charge in [0.25, 0.3) is 0 Å². The Morgan fingerprint density at radius 1 is 1.47 bits per heavy atom. The number of thiophene rings is 1. The van der Waals surface area contributed by atoms with Crippen molar-refractivity contribution in [3.63, 3.8) is 0 Å². The van der Waals surface area contributed by atoms with E-state index in [1.54, 1.807) is 11.3 Å². The molecule has 0 unspecified atom stereocenters. The van der Waals surface area contributed by atoms with Crippen molar-refractivity contribution in [2.24, 2.45) is 0 Å². The van der Waals surface area contributed by atoms with E-state index in [1.807, 2.05) is 31.5 Å². The predicted octanol–water partition coefficient (Wildman–Crippen LogP) is 3.19. The molecule has 3 heteroatoms. The summed E-state index contributed by atoms with van der Waals surface area (Å²) in [5.74, 6) is 0.208. The summed E-state index contributed by atoms with van der Waals surface area (Å²) in [7, 11) is 0. The molecule has 15 heavy (non-hydrogen) atoms. The summed E-state index contributed by atoms with van der Waals surface area (Å²) in [4.78, 5) is 12.7. The summed E-state index contributed by atoms with van der Waals surface area (Å²) in [6.07, 6.45) is 4.46. The van der Waals surface area contributed by atoms with Gasteiger partial charge in [0.05, 0.1) is 6.54 Å². The minimum Gasteiger partial charge on any atom is -0.348 e. The Hall–Kier alpha value is -1.35. The van der Waals surface area contributed by atoms with Crippen LogP contribution in [-0.4, -0.2) is 10.4 Å². The molecule has 0 saturated heterocycles. The minimum absolute atomic E-state index is 0.208. The lowest BCUT2D eigenvalue weighted by atomic mass is 10.2. The summed E-state index contributed by atoms with van der Waals surface area (Å²) in [5, 5.41) is 2.07. The zero-order valence-electron chi connectivity index (χ0n) is 8.64. The first kappa shape index (κ1) is 10.2. The van der Waals surface area contributed by atoms with Crippen molar-refractivity contribution in [2.75, 3.05) is 0 Å². The van der Waals surface area contributed by atoms with Crippen LogP contribution in [0.2, 0.25) is 0 Å². The van der Waals surface area contributed by atoms with Crippen LogP contribution in [0.3, 0.4) is 0 Å². The lowest BCUT2D eigenvalue weighted by Crippen LogP contribution is -1.96. The summed E-state index contributed by atoms with van der Waals surface area (Å²) >= 11 is 1.74. The first-order chi connectivity index (χ1) is 7.29. The quantitative estimate of drug-likeness (QED) is 0.724. The number of carbonyl (C=O) groups is 1. The van der Waals surface area contributed by atoms with E-state index < -0.39 is 0 Å². The molecule has 0 amide bonds. The van der Waals surface area contributed by atoms with E-state index in [9.17, 15) is 4.79 Å². The second-order valence-electron chi connectivity index (χ2n) is 3.43. The fraction of sp³-hybridized carbons (Fsp3) is 0.250. The van der Waals surface area contributed by atoms with E-state index in [4.69, 9.17) is 0 Å². The number of hydrogen-bond donors (Lipinski definition) is 0. The molecule has 2 aromatic rings. The maximum Gasteiger partial charge on any atom is 0.164 e. The Balaban J connectivity index is 2.11. The third kappa shape index (κ3) is 2.36. The smallest absolute Gasteiger partial charge is 0.164 e. The SMILES string of the molecule is CCC(=O)c1ccn(Cc2cccs2)c1. The highest BCUT2D eigenvalue weighted by Crippen LogP contribution is 2.12. The molecule has 0 bridgehead atoms. The van der Waals surface area contributed by atoms with Gasteiger partial charge in [-0.15, -0.1) is 11.3 Å². The lowest BCUT2D eigenvalue weighted by molar-refractivity contribution is 0.0988. The number of hydrogen-bond acceptors (Lipinski definition) is 2. The molecule has 0 atom stereocenters. The van der Waals surface area contributed by atoms with E-state index in [2.05, 4.69) is 16.0 Å². The molecule has 0 saturated carbocycles. The highest BCUT2D eigenvalue weighted by molar-refractivity contribution is 7.09. The predicted molar refractivity (Wildman–Crippen MR) is 62.5 cm³/mol. The van der Waals surface area contributed by atoms with Crippen LogP contribution in [0.4, 0.5) is 0 Å². The van der Waals surface area contributed by atoms with Crippen molar-refractivity contribution < 1.29 is 4.79 Å². The van der Waals surface area contributed by atoms with Crippen LogP contribution in [-0.2, 0) is 6.54 Å². The van der Waals surface area contributed by atoms with E-state index in [0.29, 0.717) is 6.42 Å². The first-order valence-electron chi connectivity index (χ1n) is 5.01. The van der Waals surface area contributed by atoms with Crippen LogP contribution in [0.1, 0.15) is 28.6 Å². The molecule has 0 aliphatic heterocycles. The molecule has 0 N–H and O–H groups in total. The summed E-state index contributed by atoms with van der Waals surface area (Å²) in [6, 6.07) is 6.03. The zero-order valence-corrected chi connectivity index (χ0v) is 9.46. The summed E-state index contributed by atoms with van der Waals surface area (Å²) in [5.41, 5.74) is 0.814. The largest absolute Gasteiger partial charge is 0.348 e. The monoisotopic (exact) mass is 219 g/mol. The van der Waals surface area contributed by atoms with Crippen LogP contribution in [0.5, 0.6) is 0 Å². The van der Waals surface area contributed by atoms with Gasteiger partial charge in [0.1, 0.15) is 0 Å². The topological polar surface area (TPSA) is 22.0 Å². The molecule has 2 rings (SSSR count). The molecule has 0 radical (unpaired) electrons. The summed E-state index contributed by atoms with van der Waals surface area (Å²) < 4.78 is 2.05. The fourth-order valence-corrected chi connectivity index (χ4v) is 2.20. The maximum absolute atomic E-state index is 11.4. The van der Waals surface area contributed by atoms with Gasteiger partial charge in [0, 0.05) is 29.3 Å². The number of carbonyl (C=O) groups excluding carboxylic acids is 1. The number of ketones is 1. The molecular formula is C12H13NOS. The Labute approximate surface area is 93.2 Å². The number of Topliss-reactive ketones (excluding diaryl/α,β-unsaturated/α-hetero) is 1. The van der Waals surface area contributed by atoms with Gasteiger partial charge in [-0.3, -0.25) is 4.79 Å². The lowest BCUT2D eigenvalue weighted by Gasteiger charge is -1.98. The van der Waals surface area contributed by atoms with Gasteiger partial charge in [-0.1, -0.05) is 13.0 Å². The molecular weight excluding hydrogens is 206 g/mol. The molecule has 0 aromatic carbocycles. The Bertz CT molecular complexity index is 442. The van der Waals surface area contributed by atoms with Gasteiger partial charge in [0.15, 0.2) is 5.78 Å². The van der Waals surface area contributed by atoms with Crippen molar-refractivity contribution in [3.8, 4) is 0 Å².